The van der Waals surface area contributed by atoms with Crippen LogP contribution in [0.15, 0.2) is 267 Å². The van der Waals surface area contributed by atoms with Crippen LogP contribution < -0.4 is 48.5 Å². The Hall–Kier alpha value is -15.3. The van der Waals surface area contributed by atoms with Gasteiger partial charge in [0.15, 0.2) is 0 Å². The number of unbranched alkanes of at least 4 members (excludes halogenated alkanes) is 8. The molecule has 0 aliphatic carbocycles. The standard InChI is InChI=1S/C112H92N12O8.Zn/c125-101(121-93-37-17-9-29-73(93)49-50-74-30-10-18-38-94(74)121)45-5-1-25-65-129-81-57-61-85-89(69-81)109-113-105(85)118-110-91-71-83(131-67-27-3-7-47-103(127)123-97-41-21-13-33-77(97)53-54-78-34-14-22-42-98(78)123)59-63-87(91)107(115-110)120-112-92-72-84(132-68-28-4-8-48-104(128)124-99-43-23-15-35-79(99)55-56-80-36-16-24-44-100(80)124)60-64-88(92)108(116-112)119-111-90-70-82(58-62-86(90)106(114-111)117-109)130-66-26-2-6-46-102(126)122-95-39-19-11-31-75(95)51-52-76-32-12-20-40-96(76)122;/h9-24,29-44,49-64,69-72H,1-8,25-28,45-48,65-68H2;/q-2;+2. The van der Waals surface area contributed by atoms with Gasteiger partial charge in [0.1, 0.15) is 23.0 Å². The number of anilines is 8. The molecule has 6 aliphatic heterocycles. The molecule has 0 radical (unpaired) electrons. The van der Waals surface area contributed by atoms with Crippen molar-refractivity contribution in [2.45, 2.75) is 103 Å². The number of hydrogen-bond donors (Lipinski definition) is 0. The van der Waals surface area contributed by atoms with Gasteiger partial charge in [-0.1, -0.05) is 194 Å². The zero-order chi connectivity index (χ0) is 88.8. The molecular formula is C112H92N12O8Zn. The second kappa shape index (κ2) is 38.8. The topological polar surface area (TPSA) is 224 Å². The number of aromatic nitrogens is 8. The molecule has 0 N–H and O–H groups in total. The van der Waals surface area contributed by atoms with Crippen molar-refractivity contribution in [3.05, 3.63) is 311 Å². The fourth-order valence-corrected chi connectivity index (χ4v) is 18.3. The molecule has 21 rings (SSSR count). The molecule has 21 heteroatoms. The molecule has 650 valence electrons. The maximum Gasteiger partial charge on any atom is 2.00 e. The number of carbonyl (C=O) groups excluding carboxylic acids is 4. The van der Waals surface area contributed by atoms with Gasteiger partial charge in [-0.2, -0.15) is 0 Å². The van der Waals surface area contributed by atoms with Crippen LogP contribution in [-0.2, 0) is 38.7 Å². The summed E-state index contributed by atoms with van der Waals surface area (Å²) in [6.07, 6.45) is 26.5. The molecular weight excluding hydrogens is 1710 g/mol. The van der Waals surface area contributed by atoms with Crippen LogP contribution >= 0.6 is 0 Å². The van der Waals surface area contributed by atoms with E-state index in [1.54, 1.807) is 0 Å². The molecule has 4 amide bonds. The van der Waals surface area contributed by atoms with Gasteiger partial charge in [0.2, 0.25) is 23.6 Å². The number of para-hydroxylation sites is 8. The molecule has 20 nitrogen and oxygen atoms in total. The Morgan fingerprint density at radius 3 is 0.699 bits per heavy atom. The summed E-state index contributed by atoms with van der Waals surface area (Å²) in [6, 6.07) is 87.4. The largest absolute Gasteiger partial charge is 2.00 e. The Kier molecular flexibility index (Phi) is 25.0. The van der Waals surface area contributed by atoms with Crippen molar-refractivity contribution in [3.8, 4) is 68.5 Å². The van der Waals surface area contributed by atoms with Crippen molar-refractivity contribution in [2.24, 2.45) is 0 Å². The first-order chi connectivity index (χ1) is 65.1. The minimum Gasteiger partial charge on any atom is -0.494 e. The molecule has 8 bridgehead atoms. The number of benzene rings is 12. The van der Waals surface area contributed by atoms with Crippen molar-refractivity contribution in [2.75, 3.05) is 46.0 Å². The van der Waals surface area contributed by atoms with Crippen LogP contribution in [0.4, 0.5) is 45.5 Å². The number of hydrogen-bond acceptors (Lipinski definition) is 14. The minimum absolute atomic E-state index is 0. The summed E-state index contributed by atoms with van der Waals surface area (Å²) in [5, 5.41) is 2.69. The quantitative estimate of drug-likeness (QED) is 0.0328. The van der Waals surface area contributed by atoms with Gasteiger partial charge in [-0.15, -0.1) is 0 Å². The predicted octanol–water partition coefficient (Wildman–Crippen LogP) is 25.3. The van der Waals surface area contributed by atoms with E-state index in [2.05, 4.69) is 48.6 Å². The van der Waals surface area contributed by atoms with Crippen molar-refractivity contribution in [1.29, 1.82) is 0 Å². The third-order valence-electron chi connectivity index (χ3n) is 25.0. The van der Waals surface area contributed by atoms with E-state index in [1.165, 1.54) is 0 Å². The van der Waals surface area contributed by atoms with Crippen LogP contribution in [0.1, 0.15) is 147 Å². The number of amides is 4. The molecule has 0 fully saturated rings. The van der Waals surface area contributed by atoms with E-state index in [4.69, 9.17) is 58.8 Å². The molecule has 0 atom stereocenters. The molecule has 133 heavy (non-hydrogen) atoms. The Labute approximate surface area is 782 Å². The van der Waals surface area contributed by atoms with E-state index < -0.39 is 0 Å². The van der Waals surface area contributed by atoms with Gasteiger partial charge in [-0.05, 0) is 264 Å². The van der Waals surface area contributed by atoms with Gasteiger partial charge in [0.05, 0.1) is 95.2 Å². The fourth-order valence-electron chi connectivity index (χ4n) is 18.3. The number of rotatable bonds is 28. The van der Waals surface area contributed by atoms with Crippen LogP contribution in [-0.4, -0.2) is 80.0 Å². The average molecular weight is 1800 g/mol. The summed E-state index contributed by atoms with van der Waals surface area (Å²) in [4.78, 5) is 107. The van der Waals surface area contributed by atoms with Crippen LogP contribution in [0.2, 0.25) is 0 Å². The summed E-state index contributed by atoms with van der Waals surface area (Å²) in [5.74, 6) is 3.90. The van der Waals surface area contributed by atoms with Crippen LogP contribution in [0.5, 0.6) is 23.0 Å². The van der Waals surface area contributed by atoms with Gasteiger partial charge >= 0.3 is 19.5 Å². The van der Waals surface area contributed by atoms with E-state index in [1.807, 2.05) is 287 Å². The summed E-state index contributed by atoms with van der Waals surface area (Å²) >= 11 is 0. The predicted molar refractivity (Wildman–Crippen MR) is 526 cm³/mol. The normalized spacial score (nSPS) is 12.7. The first kappa shape index (κ1) is 85.7. The second-order valence-electron chi connectivity index (χ2n) is 33.7. The van der Waals surface area contributed by atoms with Crippen molar-refractivity contribution < 1.29 is 57.6 Å². The Morgan fingerprint density at radius 2 is 0.444 bits per heavy atom. The van der Waals surface area contributed by atoms with Crippen molar-refractivity contribution >= 4 is 162 Å². The van der Waals surface area contributed by atoms with Crippen LogP contribution in [0, 0.1) is 0 Å². The first-order valence-electron chi connectivity index (χ1n) is 45.7. The van der Waals surface area contributed by atoms with E-state index in [9.17, 15) is 19.2 Å². The third kappa shape index (κ3) is 17.9. The number of ether oxygens (including phenoxy) is 4. The van der Waals surface area contributed by atoms with Crippen molar-refractivity contribution in [1.82, 2.24) is 39.9 Å². The number of nitrogens with zero attached hydrogens (tertiary/aromatic N) is 12. The van der Waals surface area contributed by atoms with Gasteiger partial charge < -0.3 is 48.9 Å². The molecule has 0 saturated carbocycles. The molecule has 15 aromatic rings. The summed E-state index contributed by atoms with van der Waals surface area (Å²) in [5.41, 5.74) is 18.9. The van der Waals surface area contributed by atoms with E-state index in [0.717, 1.165) is 116 Å². The maximum atomic E-state index is 14.3. The van der Waals surface area contributed by atoms with Crippen molar-refractivity contribution in [3.63, 3.8) is 0 Å². The Bertz CT molecular complexity index is 6750. The summed E-state index contributed by atoms with van der Waals surface area (Å²) in [6.45, 7) is 1.55. The molecule has 3 aromatic heterocycles. The Balaban J connectivity index is 0.0000110. The third-order valence-corrected chi connectivity index (χ3v) is 25.0. The minimum atomic E-state index is 0. The second-order valence-corrected chi connectivity index (χ2v) is 33.7. The van der Waals surface area contributed by atoms with E-state index in [-0.39, 0.29) is 43.1 Å². The van der Waals surface area contributed by atoms with E-state index in [0.29, 0.717) is 216 Å². The van der Waals surface area contributed by atoms with Crippen LogP contribution in [0.3, 0.4) is 0 Å². The smallest absolute Gasteiger partial charge is 0.494 e. The molecule has 9 heterocycles. The monoisotopic (exact) mass is 1800 g/mol. The summed E-state index contributed by atoms with van der Waals surface area (Å²) in [7, 11) is 0. The molecule has 12 aromatic carbocycles. The van der Waals surface area contributed by atoms with E-state index >= 15 is 0 Å². The SMILES string of the molecule is O=C(CCCCCOc1ccc2c(c1)-c1nc-2nc2[n-]c(nc3nc(nc4[n-]c(n1)c1ccc(OCCCCCC(=O)N5c6ccccc6C=Cc6ccccc65)cc41)-c1ccc(OCCCCCC(=O)N4c5ccccc5C=Cc5ccccc54)cc1-3)c1ccc(OCCCCCC(=O)N3c4ccccc4C=Cc4ccccc43)cc21)N1c2ccccc2C=Cc2ccccc21.[Zn+2]. The van der Waals surface area contributed by atoms with Gasteiger partial charge in [0, 0.05) is 70.5 Å². The molecule has 0 unspecified atom stereocenters. The summed E-state index contributed by atoms with van der Waals surface area (Å²) < 4.78 is 26.4. The van der Waals surface area contributed by atoms with Crippen LogP contribution in [0.25, 0.3) is 138 Å². The zero-order valence-electron chi connectivity index (χ0n) is 73.5. The van der Waals surface area contributed by atoms with Gasteiger partial charge in [0.25, 0.3) is 0 Å². The molecule has 0 spiro atoms. The fraction of sp³-hybridized carbons (Fsp3) is 0.179. The average Bonchev–Trinajstić information content (AvgIpc) is 1.60. The maximum absolute atomic E-state index is 14.3. The Morgan fingerprint density at radius 1 is 0.226 bits per heavy atom. The van der Waals surface area contributed by atoms with Gasteiger partial charge in [-0.3, -0.25) is 38.8 Å². The first-order valence-corrected chi connectivity index (χ1v) is 45.7. The molecule has 6 aliphatic rings. The number of carbonyl (C=O) groups is 4. The zero-order valence-corrected chi connectivity index (χ0v) is 76.5. The molecule has 0 saturated heterocycles. The van der Waals surface area contributed by atoms with Gasteiger partial charge in [-0.25, -0.2) is 9.97 Å². The number of fused-ring (bicyclic) bond motifs is 28.